The average molecular weight is 363 g/mol. The fourth-order valence-corrected chi connectivity index (χ4v) is 3.64. The highest BCUT2D eigenvalue weighted by molar-refractivity contribution is 5.88. The van der Waals surface area contributed by atoms with E-state index in [9.17, 15) is 0 Å². The molecule has 2 heterocycles. The van der Waals surface area contributed by atoms with E-state index in [1.807, 2.05) is 6.08 Å². The average Bonchev–Trinajstić information content (AvgIpc) is 3.08. The second kappa shape index (κ2) is 8.49. The van der Waals surface area contributed by atoms with E-state index >= 15 is 0 Å². The first kappa shape index (κ1) is 19.3. The molecule has 1 aromatic heterocycles. The molecule has 0 amide bonds. The van der Waals surface area contributed by atoms with Gasteiger partial charge in [-0.15, -0.1) is 0 Å². The third kappa shape index (κ3) is 4.64. The monoisotopic (exact) mass is 362 g/mol. The molecule has 0 unspecified atom stereocenters. The third-order valence-electron chi connectivity index (χ3n) is 5.42. The fraction of sp³-hybridized carbons (Fsp3) is 0.391. The number of piperidine rings is 1. The quantitative estimate of drug-likeness (QED) is 0.819. The van der Waals surface area contributed by atoms with E-state index in [0.717, 1.165) is 29.3 Å². The van der Waals surface area contributed by atoms with Crippen molar-refractivity contribution in [3.05, 3.63) is 51.7 Å². The largest absolute Gasteiger partial charge is 0.317 e. The molecule has 142 valence electrons. The van der Waals surface area contributed by atoms with Gasteiger partial charge < -0.3 is 5.32 Å². The van der Waals surface area contributed by atoms with Crippen LogP contribution in [0.4, 0.5) is 5.69 Å². The molecule has 1 saturated heterocycles. The van der Waals surface area contributed by atoms with Gasteiger partial charge in [0.1, 0.15) is 0 Å². The van der Waals surface area contributed by atoms with E-state index in [-0.39, 0.29) is 0 Å². The SMILES string of the molecule is C=c1cn[nH]/c1=C/C=C(\C)c1cc(C)c(N=C(C)C2CCNCC2)c(C)c1. The molecule has 0 atom stereocenters. The zero-order chi connectivity index (χ0) is 19.4. The van der Waals surface area contributed by atoms with E-state index in [4.69, 9.17) is 4.99 Å². The lowest BCUT2D eigenvalue weighted by molar-refractivity contribution is 0.455. The summed E-state index contributed by atoms with van der Waals surface area (Å²) in [7, 11) is 0. The Bertz CT molecular complexity index is 949. The molecule has 2 aromatic rings. The molecule has 1 fully saturated rings. The number of benzene rings is 1. The van der Waals surface area contributed by atoms with Gasteiger partial charge in [-0.3, -0.25) is 10.1 Å². The lowest BCUT2D eigenvalue weighted by Gasteiger charge is -2.23. The van der Waals surface area contributed by atoms with Crippen LogP contribution in [-0.2, 0) is 0 Å². The van der Waals surface area contributed by atoms with Gasteiger partial charge in [-0.05, 0) is 100 Å². The Labute approximate surface area is 161 Å². The number of hydrogen-bond donors (Lipinski definition) is 2. The molecule has 4 nitrogen and oxygen atoms in total. The molecule has 0 spiro atoms. The minimum Gasteiger partial charge on any atom is -0.317 e. The Morgan fingerprint density at radius 2 is 1.85 bits per heavy atom. The van der Waals surface area contributed by atoms with Crippen molar-refractivity contribution >= 4 is 29.6 Å². The second-order valence-electron chi connectivity index (χ2n) is 7.56. The summed E-state index contributed by atoms with van der Waals surface area (Å²) in [5, 5.41) is 12.3. The molecule has 1 aliphatic heterocycles. The Morgan fingerprint density at radius 3 is 2.44 bits per heavy atom. The molecular formula is C23H30N4. The maximum absolute atomic E-state index is 5.02. The highest BCUT2D eigenvalue weighted by atomic mass is 15.1. The standard InChI is InChI=1S/C23H30N4/c1-15(6-7-22-18(4)14-25-27-22)21-12-16(2)23(17(3)13-21)26-19(5)20-8-10-24-11-9-20/h6-7,12-14,20,24,27H,4,8-11H2,1-3,5H3/b15-6+,22-7+,26-19?. The summed E-state index contributed by atoms with van der Waals surface area (Å²) in [6, 6.07) is 4.47. The number of nitrogens with zero attached hydrogens (tertiary/aromatic N) is 2. The molecule has 27 heavy (non-hydrogen) atoms. The topological polar surface area (TPSA) is 53.1 Å². The van der Waals surface area contributed by atoms with Gasteiger partial charge >= 0.3 is 0 Å². The normalized spacial score (nSPS) is 17.6. The van der Waals surface area contributed by atoms with E-state index in [1.54, 1.807) is 6.20 Å². The van der Waals surface area contributed by atoms with Crippen LogP contribution in [-0.4, -0.2) is 29.0 Å². The van der Waals surface area contributed by atoms with Gasteiger partial charge in [0.25, 0.3) is 0 Å². The number of aryl methyl sites for hydroxylation is 2. The molecule has 3 rings (SSSR count). The Morgan fingerprint density at radius 1 is 1.19 bits per heavy atom. The van der Waals surface area contributed by atoms with Crippen LogP contribution in [0.15, 0.2) is 29.4 Å². The summed E-state index contributed by atoms with van der Waals surface area (Å²) in [6.45, 7) is 14.8. The molecule has 2 N–H and O–H groups in total. The number of aliphatic imine (C=N–C) groups is 1. The maximum Gasteiger partial charge on any atom is 0.0687 e. The van der Waals surface area contributed by atoms with Gasteiger partial charge in [0.2, 0.25) is 0 Å². The highest BCUT2D eigenvalue weighted by Gasteiger charge is 2.16. The summed E-state index contributed by atoms with van der Waals surface area (Å²) in [5.41, 5.74) is 7.28. The Kier molecular flexibility index (Phi) is 6.07. The highest BCUT2D eigenvalue weighted by Crippen LogP contribution is 2.29. The molecule has 1 aliphatic rings. The predicted molar refractivity (Wildman–Crippen MR) is 116 cm³/mol. The fourth-order valence-electron chi connectivity index (χ4n) is 3.64. The number of aromatic amines is 1. The van der Waals surface area contributed by atoms with Crippen molar-refractivity contribution in [2.75, 3.05) is 13.1 Å². The maximum atomic E-state index is 5.02. The molecule has 0 saturated carbocycles. The third-order valence-corrected chi connectivity index (χ3v) is 5.42. The molecule has 0 radical (unpaired) electrons. The summed E-state index contributed by atoms with van der Waals surface area (Å²) in [4.78, 5) is 5.02. The minimum absolute atomic E-state index is 0.604. The minimum atomic E-state index is 0.604. The van der Waals surface area contributed by atoms with Crippen LogP contribution in [0.2, 0.25) is 0 Å². The van der Waals surface area contributed by atoms with E-state index in [2.05, 4.69) is 68.0 Å². The summed E-state index contributed by atoms with van der Waals surface area (Å²) < 4.78 is 0. The van der Waals surface area contributed by atoms with E-state index in [1.165, 1.54) is 40.8 Å². The first-order valence-electron chi connectivity index (χ1n) is 9.70. The molecule has 4 heteroatoms. The second-order valence-corrected chi connectivity index (χ2v) is 7.56. The van der Waals surface area contributed by atoms with Gasteiger partial charge in [-0.1, -0.05) is 12.7 Å². The van der Waals surface area contributed by atoms with Crippen molar-refractivity contribution in [2.45, 2.75) is 40.5 Å². The number of H-pyrrole nitrogens is 1. The Balaban J connectivity index is 1.88. The van der Waals surface area contributed by atoms with Gasteiger partial charge in [0.05, 0.1) is 17.2 Å². The van der Waals surface area contributed by atoms with Crippen molar-refractivity contribution in [3.63, 3.8) is 0 Å². The first-order valence-corrected chi connectivity index (χ1v) is 9.70. The van der Waals surface area contributed by atoms with Crippen molar-refractivity contribution in [1.29, 1.82) is 0 Å². The predicted octanol–water partition coefficient (Wildman–Crippen LogP) is 3.41. The smallest absolute Gasteiger partial charge is 0.0687 e. The van der Waals surface area contributed by atoms with Crippen molar-refractivity contribution in [1.82, 2.24) is 15.5 Å². The summed E-state index contributed by atoms with van der Waals surface area (Å²) in [6.07, 6.45) is 8.25. The number of nitrogens with one attached hydrogen (secondary N) is 2. The van der Waals surface area contributed by atoms with Crippen LogP contribution in [0.3, 0.4) is 0 Å². The lowest BCUT2D eigenvalue weighted by atomic mass is 9.93. The van der Waals surface area contributed by atoms with E-state index in [0.29, 0.717) is 5.92 Å². The van der Waals surface area contributed by atoms with Crippen LogP contribution in [0, 0.1) is 19.8 Å². The zero-order valence-electron chi connectivity index (χ0n) is 16.9. The van der Waals surface area contributed by atoms with Crippen LogP contribution in [0.25, 0.3) is 18.2 Å². The van der Waals surface area contributed by atoms with Gasteiger partial charge in [-0.2, -0.15) is 5.10 Å². The molecule has 0 aliphatic carbocycles. The summed E-state index contributed by atoms with van der Waals surface area (Å²) in [5.74, 6) is 0.604. The van der Waals surface area contributed by atoms with Crippen LogP contribution < -0.4 is 15.9 Å². The van der Waals surface area contributed by atoms with Gasteiger partial charge in [0, 0.05) is 10.9 Å². The number of rotatable bonds is 4. The van der Waals surface area contributed by atoms with E-state index < -0.39 is 0 Å². The van der Waals surface area contributed by atoms with Gasteiger partial charge in [0.15, 0.2) is 0 Å². The lowest BCUT2D eigenvalue weighted by Crippen LogP contribution is -2.30. The summed E-state index contributed by atoms with van der Waals surface area (Å²) >= 11 is 0. The van der Waals surface area contributed by atoms with Crippen molar-refractivity contribution in [3.8, 4) is 0 Å². The van der Waals surface area contributed by atoms with Crippen LogP contribution in [0.1, 0.15) is 43.4 Å². The van der Waals surface area contributed by atoms with Crippen molar-refractivity contribution < 1.29 is 0 Å². The molecule has 0 bridgehead atoms. The number of hydrogen-bond acceptors (Lipinski definition) is 3. The molecular weight excluding hydrogens is 332 g/mol. The van der Waals surface area contributed by atoms with Crippen molar-refractivity contribution in [2.24, 2.45) is 10.9 Å². The van der Waals surface area contributed by atoms with Crippen LogP contribution in [0.5, 0.6) is 0 Å². The number of aromatic nitrogens is 2. The molecule has 1 aromatic carbocycles. The first-order chi connectivity index (χ1) is 13.0. The number of allylic oxidation sites excluding steroid dienone is 2. The Hall–Kier alpha value is -2.46. The zero-order valence-corrected chi connectivity index (χ0v) is 16.9. The van der Waals surface area contributed by atoms with Crippen LogP contribution >= 0.6 is 0 Å². The van der Waals surface area contributed by atoms with Gasteiger partial charge in [-0.25, -0.2) is 0 Å².